The Bertz CT molecular complexity index is 1130. The molecule has 0 aliphatic carbocycles. The molecule has 1 atom stereocenters. The second-order valence-electron chi connectivity index (χ2n) is 7.30. The third-order valence-corrected chi connectivity index (χ3v) is 5.69. The van der Waals surface area contributed by atoms with Gasteiger partial charge in [-0.3, -0.25) is 4.79 Å². The summed E-state index contributed by atoms with van der Waals surface area (Å²) in [4.78, 5) is 15.8. The van der Waals surface area contributed by atoms with Gasteiger partial charge < -0.3 is 15.0 Å². The molecule has 0 radical (unpaired) electrons. The lowest BCUT2D eigenvalue weighted by molar-refractivity contribution is -0.123. The van der Waals surface area contributed by atoms with Crippen LogP contribution in [-0.2, 0) is 4.79 Å². The zero-order chi connectivity index (χ0) is 20.9. The Labute approximate surface area is 184 Å². The van der Waals surface area contributed by atoms with Crippen molar-refractivity contribution in [1.82, 2.24) is 10.3 Å². The largest absolute Gasteiger partial charge is 0.484 e. The molecule has 4 nitrogen and oxygen atoms in total. The first kappa shape index (κ1) is 20.2. The summed E-state index contributed by atoms with van der Waals surface area (Å²) in [6, 6.07) is 24.1. The Kier molecular flexibility index (Phi) is 6.19. The maximum atomic E-state index is 12.5. The number of hydrogen-bond acceptors (Lipinski definition) is 2. The van der Waals surface area contributed by atoms with Crippen LogP contribution in [-0.4, -0.2) is 24.0 Å². The summed E-state index contributed by atoms with van der Waals surface area (Å²) in [7, 11) is 0. The van der Waals surface area contributed by atoms with Crippen molar-refractivity contribution in [3.05, 3.63) is 100 Å². The Morgan fingerprint density at radius 1 is 1.03 bits per heavy atom. The van der Waals surface area contributed by atoms with Gasteiger partial charge in [-0.1, -0.05) is 64.0 Å². The SMILES string of the molecule is Cc1ccc(OCC(=O)NC[C@@H](c2ccc(Br)cc2)c2c[nH]c3ccccc23)cc1. The van der Waals surface area contributed by atoms with Gasteiger partial charge in [-0.15, -0.1) is 0 Å². The number of rotatable bonds is 7. The van der Waals surface area contributed by atoms with E-state index in [-0.39, 0.29) is 18.4 Å². The number of para-hydroxylation sites is 1. The molecule has 1 aromatic heterocycles. The Balaban J connectivity index is 1.49. The summed E-state index contributed by atoms with van der Waals surface area (Å²) in [6.45, 7) is 2.49. The van der Waals surface area contributed by atoms with E-state index in [1.807, 2.05) is 61.7 Å². The number of benzene rings is 3. The first-order chi connectivity index (χ1) is 14.6. The lowest BCUT2D eigenvalue weighted by atomic mass is 9.91. The summed E-state index contributed by atoms with van der Waals surface area (Å²) in [5.41, 5.74) is 4.54. The molecule has 0 aliphatic rings. The number of carbonyl (C=O) groups is 1. The van der Waals surface area contributed by atoms with Gasteiger partial charge in [-0.25, -0.2) is 0 Å². The number of nitrogens with one attached hydrogen (secondary N) is 2. The van der Waals surface area contributed by atoms with Crippen molar-refractivity contribution in [2.24, 2.45) is 0 Å². The van der Waals surface area contributed by atoms with Crippen molar-refractivity contribution in [1.29, 1.82) is 0 Å². The first-order valence-electron chi connectivity index (χ1n) is 9.88. The quantitative estimate of drug-likeness (QED) is 0.377. The number of halogens is 1. The summed E-state index contributed by atoms with van der Waals surface area (Å²) >= 11 is 3.50. The number of aromatic nitrogens is 1. The molecule has 0 aliphatic heterocycles. The van der Waals surface area contributed by atoms with Crippen LogP contribution in [0.1, 0.15) is 22.6 Å². The molecule has 30 heavy (non-hydrogen) atoms. The summed E-state index contributed by atoms with van der Waals surface area (Å²) in [6.07, 6.45) is 2.03. The van der Waals surface area contributed by atoms with Gasteiger partial charge >= 0.3 is 0 Å². The number of aromatic amines is 1. The van der Waals surface area contributed by atoms with E-state index >= 15 is 0 Å². The summed E-state index contributed by atoms with van der Waals surface area (Å²) in [5, 5.41) is 4.20. The molecule has 0 spiro atoms. The lowest BCUT2D eigenvalue weighted by Gasteiger charge is -2.18. The van der Waals surface area contributed by atoms with Crippen LogP contribution >= 0.6 is 15.9 Å². The highest BCUT2D eigenvalue weighted by Crippen LogP contribution is 2.31. The minimum atomic E-state index is -0.141. The van der Waals surface area contributed by atoms with Crippen molar-refractivity contribution < 1.29 is 9.53 Å². The molecule has 0 unspecified atom stereocenters. The van der Waals surface area contributed by atoms with Gasteiger partial charge in [0.1, 0.15) is 5.75 Å². The summed E-state index contributed by atoms with van der Waals surface area (Å²) in [5.74, 6) is 0.576. The standard InChI is InChI=1S/C25H23BrN2O2/c1-17-6-12-20(13-7-17)30-16-25(29)28-14-22(18-8-10-19(26)11-9-18)23-15-27-24-5-3-2-4-21(23)24/h2-13,15,22,27H,14,16H2,1H3,(H,28,29)/t22-/m0/s1. The molecule has 0 saturated carbocycles. The van der Waals surface area contributed by atoms with Crippen molar-refractivity contribution >= 4 is 32.7 Å². The van der Waals surface area contributed by atoms with E-state index in [9.17, 15) is 4.79 Å². The molecule has 0 saturated heterocycles. The molecule has 3 aromatic carbocycles. The Morgan fingerprint density at radius 2 is 1.77 bits per heavy atom. The van der Waals surface area contributed by atoms with Crippen LogP contribution in [0.25, 0.3) is 10.9 Å². The predicted molar refractivity (Wildman–Crippen MR) is 124 cm³/mol. The van der Waals surface area contributed by atoms with Crippen LogP contribution in [0.5, 0.6) is 5.75 Å². The summed E-state index contributed by atoms with van der Waals surface area (Å²) < 4.78 is 6.64. The van der Waals surface area contributed by atoms with E-state index in [4.69, 9.17) is 4.74 Å². The van der Waals surface area contributed by atoms with Gasteiger partial charge in [0.25, 0.3) is 5.91 Å². The predicted octanol–water partition coefficient (Wildman–Crippen LogP) is 5.57. The minimum Gasteiger partial charge on any atom is -0.484 e. The Morgan fingerprint density at radius 3 is 2.53 bits per heavy atom. The lowest BCUT2D eigenvalue weighted by Crippen LogP contribution is -2.32. The molecule has 0 bridgehead atoms. The molecular weight excluding hydrogens is 440 g/mol. The fourth-order valence-electron chi connectivity index (χ4n) is 3.54. The number of fused-ring (bicyclic) bond motifs is 1. The van der Waals surface area contributed by atoms with Crippen LogP contribution in [0, 0.1) is 6.92 Å². The van der Waals surface area contributed by atoms with Crippen LogP contribution < -0.4 is 10.1 Å². The third kappa shape index (κ3) is 4.74. The van der Waals surface area contributed by atoms with Crippen LogP contribution in [0.3, 0.4) is 0 Å². The van der Waals surface area contributed by atoms with Crippen LogP contribution in [0.4, 0.5) is 0 Å². The average molecular weight is 463 g/mol. The van der Waals surface area contributed by atoms with Gasteiger partial charge in [-0.2, -0.15) is 0 Å². The maximum Gasteiger partial charge on any atom is 0.257 e. The van der Waals surface area contributed by atoms with Crippen molar-refractivity contribution in [3.8, 4) is 5.75 Å². The normalized spacial score (nSPS) is 11.9. The second-order valence-corrected chi connectivity index (χ2v) is 8.22. The average Bonchev–Trinajstić information content (AvgIpc) is 3.19. The Hall–Kier alpha value is -3.05. The fourth-order valence-corrected chi connectivity index (χ4v) is 3.80. The van der Waals surface area contributed by atoms with Crippen molar-refractivity contribution in [2.75, 3.05) is 13.2 Å². The molecule has 152 valence electrons. The molecule has 1 heterocycles. The molecule has 4 aromatic rings. The highest BCUT2D eigenvalue weighted by molar-refractivity contribution is 9.10. The third-order valence-electron chi connectivity index (χ3n) is 5.16. The zero-order valence-electron chi connectivity index (χ0n) is 16.7. The number of aryl methyl sites for hydroxylation is 1. The van der Waals surface area contributed by atoms with E-state index < -0.39 is 0 Å². The smallest absolute Gasteiger partial charge is 0.257 e. The van der Waals surface area contributed by atoms with E-state index in [1.165, 1.54) is 0 Å². The highest BCUT2D eigenvalue weighted by atomic mass is 79.9. The zero-order valence-corrected chi connectivity index (χ0v) is 18.3. The number of ether oxygens (including phenoxy) is 1. The first-order valence-corrected chi connectivity index (χ1v) is 10.7. The van der Waals surface area contributed by atoms with Gasteiger partial charge in [-0.05, 0) is 48.4 Å². The number of amides is 1. The number of H-pyrrole nitrogens is 1. The minimum absolute atomic E-state index is 0.00992. The molecule has 1 amide bonds. The fraction of sp³-hybridized carbons (Fsp3) is 0.160. The number of carbonyl (C=O) groups excluding carboxylic acids is 1. The van der Waals surface area contributed by atoms with Gasteiger partial charge in [0.15, 0.2) is 6.61 Å². The van der Waals surface area contributed by atoms with E-state index in [2.05, 4.69) is 50.5 Å². The van der Waals surface area contributed by atoms with E-state index in [0.717, 1.165) is 32.1 Å². The van der Waals surface area contributed by atoms with Crippen molar-refractivity contribution in [2.45, 2.75) is 12.8 Å². The van der Waals surface area contributed by atoms with Crippen molar-refractivity contribution in [3.63, 3.8) is 0 Å². The topological polar surface area (TPSA) is 54.1 Å². The van der Waals surface area contributed by atoms with Crippen LogP contribution in [0.2, 0.25) is 0 Å². The molecule has 2 N–H and O–H groups in total. The molecular formula is C25H23BrN2O2. The van der Waals surface area contributed by atoms with E-state index in [1.54, 1.807) is 0 Å². The number of hydrogen-bond donors (Lipinski definition) is 2. The molecule has 0 fully saturated rings. The molecule has 5 heteroatoms. The van der Waals surface area contributed by atoms with Gasteiger partial charge in [0.05, 0.1) is 0 Å². The van der Waals surface area contributed by atoms with Gasteiger partial charge in [0.2, 0.25) is 0 Å². The molecule has 4 rings (SSSR count). The van der Waals surface area contributed by atoms with E-state index in [0.29, 0.717) is 12.3 Å². The van der Waals surface area contributed by atoms with Gasteiger partial charge in [0, 0.05) is 34.0 Å². The second kappa shape index (κ2) is 9.18. The maximum absolute atomic E-state index is 12.5. The highest BCUT2D eigenvalue weighted by Gasteiger charge is 2.19. The van der Waals surface area contributed by atoms with Crippen LogP contribution in [0.15, 0.2) is 83.5 Å². The monoisotopic (exact) mass is 462 g/mol.